The van der Waals surface area contributed by atoms with Crippen LogP contribution in [0.4, 0.5) is 18.9 Å². The van der Waals surface area contributed by atoms with Crippen molar-refractivity contribution in [2.24, 2.45) is 0 Å². The number of cyclic esters (lactones) is 1. The van der Waals surface area contributed by atoms with E-state index in [9.17, 15) is 22.8 Å². The zero-order valence-corrected chi connectivity index (χ0v) is 10.2. The van der Waals surface area contributed by atoms with Crippen LogP contribution in [0.5, 0.6) is 0 Å². The number of esters is 1. The van der Waals surface area contributed by atoms with Crippen LogP contribution in [0.1, 0.15) is 12.0 Å². The number of carbonyl (C=O) groups is 2. The largest absolute Gasteiger partial charge is 0.471 e. The zero-order chi connectivity index (χ0) is 14.8. The van der Waals surface area contributed by atoms with Crippen LogP contribution < -0.4 is 5.32 Å². The number of rotatable bonds is 2. The molecule has 0 bridgehead atoms. The maximum atomic E-state index is 12.1. The molecule has 106 valence electrons. The lowest BCUT2D eigenvalue weighted by Crippen LogP contribution is -2.29. The van der Waals surface area contributed by atoms with E-state index in [1.807, 2.05) is 0 Å². The Balaban J connectivity index is 2.16. The van der Waals surface area contributed by atoms with Crippen molar-refractivity contribution in [3.05, 3.63) is 35.4 Å². The van der Waals surface area contributed by atoms with Crippen molar-refractivity contribution < 1.29 is 27.5 Å². The van der Waals surface area contributed by atoms with Gasteiger partial charge in [0.1, 0.15) is 0 Å². The lowest BCUT2D eigenvalue weighted by Gasteiger charge is -2.08. The molecule has 0 saturated carbocycles. The molecule has 1 heterocycles. The summed E-state index contributed by atoms with van der Waals surface area (Å²) in [7, 11) is 0. The summed E-state index contributed by atoms with van der Waals surface area (Å²) in [5, 5.41) is 1.75. The summed E-state index contributed by atoms with van der Waals surface area (Å²) in [6.07, 6.45) is -2.96. The van der Waals surface area contributed by atoms with Crippen molar-refractivity contribution in [3.8, 4) is 0 Å². The number of benzene rings is 1. The van der Waals surface area contributed by atoms with E-state index < -0.39 is 18.1 Å². The van der Waals surface area contributed by atoms with E-state index in [1.165, 1.54) is 24.3 Å². The van der Waals surface area contributed by atoms with Gasteiger partial charge in [-0.2, -0.15) is 13.2 Å². The third-order valence-electron chi connectivity index (χ3n) is 2.61. The van der Waals surface area contributed by atoms with Gasteiger partial charge in [-0.15, -0.1) is 0 Å². The Labute approximate surface area is 112 Å². The number of amides is 1. The first kappa shape index (κ1) is 14.1. The van der Waals surface area contributed by atoms with Gasteiger partial charge in [0.2, 0.25) is 0 Å². The highest BCUT2D eigenvalue weighted by Gasteiger charge is 2.38. The van der Waals surface area contributed by atoms with Gasteiger partial charge < -0.3 is 10.1 Å². The van der Waals surface area contributed by atoms with E-state index >= 15 is 0 Å². The first-order chi connectivity index (χ1) is 9.36. The van der Waals surface area contributed by atoms with Gasteiger partial charge in [0.15, 0.2) is 0 Å². The molecule has 4 nitrogen and oxygen atoms in total. The molecule has 1 aliphatic rings. The molecule has 1 aliphatic heterocycles. The number of alkyl halides is 3. The predicted octanol–water partition coefficient (Wildman–Crippen LogP) is 2.52. The van der Waals surface area contributed by atoms with Crippen molar-refractivity contribution in [2.75, 3.05) is 11.9 Å². The summed E-state index contributed by atoms with van der Waals surface area (Å²) in [4.78, 5) is 22.1. The molecule has 1 amide bonds. The fourth-order valence-electron chi connectivity index (χ4n) is 1.69. The first-order valence-electron chi connectivity index (χ1n) is 5.72. The molecule has 0 aliphatic carbocycles. The maximum Gasteiger partial charge on any atom is 0.471 e. The average molecular weight is 285 g/mol. The Hall–Kier alpha value is -2.31. The Kier molecular flexibility index (Phi) is 3.78. The molecule has 0 unspecified atom stereocenters. The van der Waals surface area contributed by atoms with E-state index in [0.717, 1.165) is 0 Å². The van der Waals surface area contributed by atoms with Crippen LogP contribution in [-0.2, 0) is 14.3 Å². The van der Waals surface area contributed by atoms with E-state index in [0.29, 0.717) is 24.2 Å². The van der Waals surface area contributed by atoms with E-state index in [1.54, 1.807) is 11.4 Å². The van der Waals surface area contributed by atoms with Crippen molar-refractivity contribution in [1.82, 2.24) is 0 Å². The number of halogens is 3. The molecule has 0 radical (unpaired) electrons. The second-order valence-corrected chi connectivity index (χ2v) is 4.13. The van der Waals surface area contributed by atoms with Crippen molar-refractivity contribution >= 4 is 23.6 Å². The highest BCUT2D eigenvalue weighted by molar-refractivity contribution is 5.97. The predicted molar refractivity (Wildman–Crippen MR) is 64.7 cm³/mol. The SMILES string of the molecule is O=C1OCCC1=Cc1cccc(NC(=O)C(F)(F)F)c1. The van der Waals surface area contributed by atoms with Crippen LogP contribution in [0.15, 0.2) is 29.8 Å². The minimum Gasteiger partial charge on any atom is -0.462 e. The molecular formula is C13H10F3NO3. The molecule has 0 spiro atoms. The normalized spacial score (nSPS) is 17.1. The molecule has 1 N–H and O–H groups in total. The van der Waals surface area contributed by atoms with Crippen molar-refractivity contribution in [1.29, 1.82) is 0 Å². The fraction of sp³-hybridized carbons (Fsp3) is 0.231. The molecule has 1 saturated heterocycles. The summed E-state index contributed by atoms with van der Waals surface area (Å²) >= 11 is 0. The summed E-state index contributed by atoms with van der Waals surface area (Å²) in [6.45, 7) is 0.301. The van der Waals surface area contributed by atoms with Gasteiger partial charge in [0.05, 0.1) is 6.61 Å². The van der Waals surface area contributed by atoms with E-state index in [2.05, 4.69) is 0 Å². The number of carbonyl (C=O) groups excluding carboxylic acids is 2. The Morgan fingerprint density at radius 3 is 2.70 bits per heavy atom. The first-order valence-corrected chi connectivity index (χ1v) is 5.72. The van der Waals surface area contributed by atoms with Crippen LogP contribution in [0, 0.1) is 0 Å². The van der Waals surface area contributed by atoms with Gasteiger partial charge in [-0.25, -0.2) is 4.79 Å². The molecule has 20 heavy (non-hydrogen) atoms. The molecule has 1 aromatic carbocycles. The molecule has 1 aromatic rings. The van der Waals surface area contributed by atoms with Gasteiger partial charge >= 0.3 is 18.1 Å². The van der Waals surface area contributed by atoms with Crippen LogP contribution in [0.25, 0.3) is 6.08 Å². The van der Waals surface area contributed by atoms with E-state index in [-0.39, 0.29) is 5.69 Å². The van der Waals surface area contributed by atoms with Crippen LogP contribution in [0.2, 0.25) is 0 Å². The van der Waals surface area contributed by atoms with Crippen molar-refractivity contribution in [2.45, 2.75) is 12.6 Å². The van der Waals surface area contributed by atoms with Crippen LogP contribution in [0.3, 0.4) is 0 Å². The number of hydrogen-bond acceptors (Lipinski definition) is 3. The summed E-state index contributed by atoms with van der Waals surface area (Å²) in [6, 6.07) is 5.78. The molecule has 0 aromatic heterocycles. The highest BCUT2D eigenvalue weighted by Crippen LogP contribution is 2.21. The molecule has 2 rings (SSSR count). The van der Waals surface area contributed by atoms with Gasteiger partial charge in [-0.05, 0) is 23.8 Å². The third-order valence-corrected chi connectivity index (χ3v) is 2.61. The van der Waals surface area contributed by atoms with Gasteiger partial charge in [0, 0.05) is 17.7 Å². The highest BCUT2D eigenvalue weighted by atomic mass is 19.4. The van der Waals surface area contributed by atoms with E-state index in [4.69, 9.17) is 4.74 Å². The second-order valence-electron chi connectivity index (χ2n) is 4.13. The third kappa shape index (κ3) is 3.37. The quantitative estimate of drug-likeness (QED) is 0.671. The maximum absolute atomic E-state index is 12.1. The fourth-order valence-corrected chi connectivity index (χ4v) is 1.69. The molecular weight excluding hydrogens is 275 g/mol. The number of ether oxygens (including phenoxy) is 1. The Bertz CT molecular complexity index is 578. The average Bonchev–Trinajstić information content (AvgIpc) is 2.74. The summed E-state index contributed by atoms with van der Waals surface area (Å²) in [5.74, 6) is -2.47. The lowest BCUT2D eigenvalue weighted by atomic mass is 10.1. The van der Waals surface area contributed by atoms with Gasteiger partial charge in [-0.1, -0.05) is 12.1 Å². The molecule has 7 heteroatoms. The molecule has 1 fully saturated rings. The minimum absolute atomic E-state index is 0.00744. The zero-order valence-electron chi connectivity index (χ0n) is 10.2. The number of nitrogens with one attached hydrogen (secondary N) is 1. The Morgan fingerprint density at radius 1 is 1.35 bits per heavy atom. The van der Waals surface area contributed by atoms with Crippen molar-refractivity contribution in [3.63, 3.8) is 0 Å². The minimum atomic E-state index is -4.94. The summed E-state index contributed by atoms with van der Waals surface area (Å²) < 4.78 is 41.1. The van der Waals surface area contributed by atoms with Crippen LogP contribution in [-0.4, -0.2) is 24.7 Å². The standard InChI is InChI=1S/C13H10F3NO3/c14-13(15,16)12(19)17-10-3-1-2-8(7-10)6-9-4-5-20-11(9)18/h1-3,6-7H,4-5H2,(H,17,19). The smallest absolute Gasteiger partial charge is 0.462 e. The Morgan fingerprint density at radius 2 is 2.10 bits per heavy atom. The van der Waals surface area contributed by atoms with Gasteiger partial charge in [0.25, 0.3) is 0 Å². The summed E-state index contributed by atoms with van der Waals surface area (Å²) in [5.41, 5.74) is 0.969. The monoisotopic (exact) mass is 285 g/mol. The molecule has 0 atom stereocenters. The van der Waals surface area contributed by atoms with Crippen LogP contribution >= 0.6 is 0 Å². The number of hydrogen-bond donors (Lipinski definition) is 1. The van der Waals surface area contributed by atoms with Gasteiger partial charge in [-0.3, -0.25) is 4.79 Å². The topological polar surface area (TPSA) is 55.4 Å². The lowest BCUT2D eigenvalue weighted by molar-refractivity contribution is -0.167. The number of anilines is 1. The second kappa shape index (κ2) is 5.36.